The first-order valence-electron chi connectivity index (χ1n) is 5.43. The number of hydrogen-bond acceptors (Lipinski definition) is 5. The number of nitrogens with one attached hydrogen (secondary N) is 1. The van der Waals surface area contributed by atoms with Gasteiger partial charge in [-0.15, -0.1) is 0 Å². The van der Waals surface area contributed by atoms with Crippen molar-refractivity contribution in [3.8, 4) is 0 Å². The molecule has 1 rings (SSSR count). The van der Waals surface area contributed by atoms with E-state index in [-0.39, 0.29) is 12.2 Å². The number of rotatable bonds is 5. The Kier molecular flexibility index (Phi) is 4.47. The first kappa shape index (κ1) is 14.7. The molecule has 0 saturated heterocycles. The van der Waals surface area contributed by atoms with Gasteiger partial charge >= 0.3 is 0 Å². The van der Waals surface area contributed by atoms with Crippen molar-refractivity contribution < 1.29 is 13.2 Å². The van der Waals surface area contributed by atoms with E-state index in [4.69, 9.17) is 5.73 Å². The van der Waals surface area contributed by atoms with E-state index in [1.807, 2.05) is 0 Å². The molecule has 0 fully saturated rings. The van der Waals surface area contributed by atoms with E-state index in [2.05, 4.69) is 10.4 Å². The van der Waals surface area contributed by atoms with Gasteiger partial charge in [-0.05, 0) is 13.3 Å². The van der Waals surface area contributed by atoms with Crippen LogP contribution >= 0.6 is 0 Å². The van der Waals surface area contributed by atoms with E-state index in [9.17, 15) is 13.2 Å². The zero-order valence-corrected chi connectivity index (χ0v) is 11.5. The lowest BCUT2D eigenvalue weighted by Crippen LogP contribution is -2.37. The normalized spacial score (nSPS) is 13.3. The van der Waals surface area contributed by atoms with Crippen LogP contribution in [0.25, 0.3) is 0 Å². The first-order chi connectivity index (χ1) is 8.19. The number of aryl methyl sites for hydroxylation is 2. The van der Waals surface area contributed by atoms with Gasteiger partial charge in [-0.2, -0.15) is 5.10 Å². The summed E-state index contributed by atoms with van der Waals surface area (Å²) in [5.74, 6) is -0.511. The van der Waals surface area contributed by atoms with Gasteiger partial charge in [-0.1, -0.05) is 0 Å². The predicted molar refractivity (Wildman–Crippen MR) is 68.9 cm³/mol. The average Bonchev–Trinajstić information content (AvgIpc) is 2.52. The fourth-order valence-corrected chi connectivity index (χ4v) is 2.10. The third-order valence-corrected chi connectivity index (χ3v) is 3.39. The van der Waals surface area contributed by atoms with Gasteiger partial charge in [-0.3, -0.25) is 9.48 Å². The molecule has 0 aliphatic carbocycles. The number of carbonyl (C=O) groups excluding carboxylic acids is 1. The van der Waals surface area contributed by atoms with Gasteiger partial charge in [0, 0.05) is 19.5 Å². The fourth-order valence-electron chi connectivity index (χ4n) is 1.42. The van der Waals surface area contributed by atoms with Crippen LogP contribution < -0.4 is 11.1 Å². The van der Waals surface area contributed by atoms with Gasteiger partial charge in [0.1, 0.15) is 9.84 Å². The molecule has 0 radical (unpaired) electrons. The highest BCUT2D eigenvalue weighted by molar-refractivity contribution is 7.90. The van der Waals surface area contributed by atoms with E-state index >= 15 is 0 Å². The summed E-state index contributed by atoms with van der Waals surface area (Å²) in [6, 6.07) is -0.848. The Labute approximate surface area is 106 Å². The van der Waals surface area contributed by atoms with Gasteiger partial charge in [0.15, 0.2) is 0 Å². The number of carbonyl (C=O) groups is 1. The molecule has 1 heterocycles. The molecule has 8 heteroatoms. The van der Waals surface area contributed by atoms with Crippen molar-refractivity contribution in [2.45, 2.75) is 19.4 Å². The lowest BCUT2D eigenvalue weighted by Gasteiger charge is -2.10. The van der Waals surface area contributed by atoms with Crippen LogP contribution in [-0.2, 0) is 21.7 Å². The van der Waals surface area contributed by atoms with E-state index < -0.39 is 21.8 Å². The highest BCUT2D eigenvalue weighted by Crippen LogP contribution is 2.11. The summed E-state index contributed by atoms with van der Waals surface area (Å²) in [7, 11) is -1.36. The molecule has 1 amide bonds. The van der Waals surface area contributed by atoms with E-state index in [0.717, 1.165) is 6.26 Å². The number of aromatic nitrogens is 2. The zero-order valence-electron chi connectivity index (χ0n) is 10.7. The Morgan fingerprint density at radius 1 is 1.61 bits per heavy atom. The van der Waals surface area contributed by atoms with Crippen molar-refractivity contribution in [3.05, 3.63) is 11.9 Å². The number of hydrogen-bond donors (Lipinski definition) is 2. The van der Waals surface area contributed by atoms with Crippen LogP contribution in [0.15, 0.2) is 6.20 Å². The molecule has 0 saturated carbocycles. The van der Waals surface area contributed by atoms with Crippen LogP contribution in [-0.4, -0.2) is 42.2 Å². The molecule has 3 N–H and O–H groups in total. The van der Waals surface area contributed by atoms with Crippen molar-refractivity contribution >= 4 is 21.4 Å². The summed E-state index contributed by atoms with van der Waals surface area (Å²) in [4.78, 5) is 11.7. The lowest BCUT2D eigenvalue weighted by molar-refractivity contribution is -0.117. The molecule has 0 bridgehead atoms. The standard InChI is InChI=1S/C10H18N4O3S/c1-7-9(6-14(2)13-7)12-10(15)8(11)4-5-18(3,16)17/h6,8H,4-5,11H2,1-3H3,(H,12,15). The average molecular weight is 274 g/mol. The largest absolute Gasteiger partial charge is 0.322 e. The highest BCUT2D eigenvalue weighted by atomic mass is 32.2. The Morgan fingerprint density at radius 2 is 2.22 bits per heavy atom. The number of nitrogens with zero attached hydrogens (tertiary/aromatic N) is 2. The summed E-state index contributed by atoms with van der Waals surface area (Å²) in [6.45, 7) is 1.76. The van der Waals surface area contributed by atoms with Crippen LogP contribution in [0.4, 0.5) is 5.69 Å². The summed E-state index contributed by atoms with van der Waals surface area (Å²) in [5, 5.41) is 6.70. The molecule has 18 heavy (non-hydrogen) atoms. The molecule has 0 aromatic carbocycles. The molecular formula is C10H18N4O3S. The SMILES string of the molecule is Cc1nn(C)cc1NC(=O)C(N)CCS(C)(=O)=O. The highest BCUT2D eigenvalue weighted by Gasteiger charge is 2.17. The van der Waals surface area contributed by atoms with Crippen molar-refractivity contribution in [2.24, 2.45) is 12.8 Å². The van der Waals surface area contributed by atoms with Gasteiger partial charge in [0.05, 0.1) is 23.2 Å². The van der Waals surface area contributed by atoms with Crippen molar-refractivity contribution in [1.82, 2.24) is 9.78 Å². The number of anilines is 1. The first-order valence-corrected chi connectivity index (χ1v) is 7.49. The molecule has 0 aliphatic rings. The number of nitrogens with two attached hydrogens (primary N) is 1. The third kappa shape index (κ3) is 4.46. The zero-order chi connectivity index (χ0) is 13.9. The Balaban J connectivity index is 2.58. The minimum absolute atomic E-state index is 0.101. The molecule has 1 atom stereocenters. The van der Waals surface area contributed by atoms with Crippen LogP contribution in [0.5, 0.6) is 0 Å². The molecule has 102 valence electrons. The second kappa shape index (κ2) is 5.49. The maximum absolute atomic E-state index is 11.7. The molecular weight excluding hydrogens is 256 g/mol. The fraction of sp³-hybridized carbons (Fsp3) is 0.600. The topological polar surface area (TPSA) is 107 Å². The summed E-state index contributed by atoms with van der Waals surface area (Å²) in [6.07, 6.45) is 2.88. The second-order valence-electron chi connectivity index (χ2n) is 4.32. The Morgan fingerprint density at radius 3 is 2.67 bits per heavy atom. The maximum atomic E-state index is 11.7. The Bertz CT molecular complexity index is 535. The molecule has 0 spiro atoms. The van der Waals surface area contributed by atoms with Gasteiger partial charge in [-0.25, -0.2) is 8.42 Å². The molecule has 1 aromatic rings. The smallest absolute Gasteiger partial charge is 0.241 e. The van der Waals surface area contributed by atoms with Crippen molar-refractivity contribution in [1.29, 1.82) is 0 Å². The van der Waals surface area contributed by atoms with Crippen LogP contribution in [0.1, 0.15) is 12.1 Å². The monoisotopic (exact) mass is 274 g/mol. The number of amides is 1. The minimum Gasteiger partial charge on any atom is -0.322 e. The summed E-state index contributed by atoms with van der Waals surface area (Å²) < 4.78 is 23.5. The summed E-state index contributed by atoms with van der Waals surface area (Å²) >= 11 is 0. The molecule has 7 nitrogen and oxygen atoms in total. The maximum Gasteiger partial charge on any atom is 0.241 e. The second-order valence-corrected chi connectivity index (χ2v) is 6.58. The van der Waals surface area contributed by atoms with E-state index in [1.54, 1.807) is 24.9 Å². The van der Waals surface area contributed by atoms with Crippen molar-refractivity contribution in [2.75, 3.05) is 17.3 Å². The third-order valence-electron chi connectivity index (χ3n) is 2.41. The Hall–Kier alpha value is -1.41. The van der Waals surface area contributed by atoms with Crippen LogP contribution in [0, 0.1) is 6.92 Å². The lowest BCUT2D eigenvalue weighted by atomic mass is 10.2. The van der Waals surface area contributed by atoms with E-state index in [0.29, 0.717) is 11.4 Å². The van der Waals surface area contributed by atoms with Crippen molar-refractivity contribution in [3.63, 3.8) is 0 Å². The van der Waals surface area contributed by atoms with Gasteiger partial charge < -0.3 is 11.1 Å². The predicted octanol–water partition coefficient (Wildman–Crippen LogP) is -0.571. The van der Waals surface area contributed by atoms with Crippen LogP contribution in [0.2, 0.25) is 0 Å². The van der Waals surface area contributed by atoms with Gasteiger partial charge in [0.25, 0.3) is 0 Å². The number of sulfone groups is 1. The summed E-state index contributed by atoms with van der Waals surface area (Å²) in [5.41, 5.74) is 6.89. The molecule has 1 unspecified atom stereocenters. The quantitative estimate of drug-likeness (QED) is 0.747. The minimum atomic E-state index is -3.11. The van der Waals surface area contributed by atoms with E-state index in [1.165, 1.54) is 0 Å². The van der Waals surface area contributed by atoms with Gasteiger partial charge in [0.2, 0.25) is 5.91 Å². The molecule has 0 aliphatic heterocycles. The van der Waals surface area contributed by atoms with Crippen LogP contribution in [0.3, 0.4) is 0 Å². The molecule has 1 aromatic heterocycles.